The third-order valence-corrected chi connectivity index (χ3v) is 5.24. The lowest BCUT2D eigenvalue weighted by molar-refractivity contribution is -0.118. The summed E-state index contributed by atoms with van der Waals surface area (Å²) in [6.45, 7) is 6.60. The smallest absolute Gasteiger partial charge is 0.230 e. The Bertz CT molecular complexity index is 488. The monoisotopic (exact) mass is 336 g/mol. The van der Waals surface area contributed by atoms with Gasteiger partial charge in [0.05, 0.1) is 12.9 Å². The van der Waals surface area contributed by atoms with Crippen molar-refractivity contribution in [2.24, 2.45) is 5.92 Å². The van der Waals surface area contributed by atoms with Crippen LogP contribution in [0.2, 0.25) is 0 Å². The molecule has 1 heterocycles. The van der Waals surface area contributed by atoms with Gasteiger partial charge in [-0.15, -0.1) is 11.8 Å². The Hall–Kier alpha value is -1.20. The highest BCUT2D eigenvalue weighted by molar-refractivity contribution is 8.00. The highest BCUT2D eigenvalue weighted by Gasteiger charge is 2.18. The zero-order valence-electron chi connectivity index (χ0n) is 14.2. The minimum absolute atomic E-state index is 0.119. The number of hydrogen-bond donors (Lipinski definition) is 1. The van der Waals surface area contributed by atoms with Gasteiger partial charge in [0.2, 0.25) is 5.91 Å². The maximum absolute atomic E-state index is 12.0. The van der Waals surface area contributed by atoms with Crippen LogP contribution in [0.4, 0.5) is 0 Å². The first-order valence-corrected chi connectivity index (χ1v) is 9.45. The average molecular weight is 337 g/mol. The fraction of sp³-hybridized carbons (Fsp3) is 0.611. The van der Waals surface area contributed by atoms with Crippen molar-refractivity contribution in [2.75, 3.05) is 39.0 Å². The van der Waals surface area contributed by atoms with Crippen LogP contribution in [0.15, 0.2) is 29.2 Å². The van der Waals surface area contributed by atoms with Gasteiger partial charge >= 0.3 is 0 Å². The molecule has 1 amide bonds. The number of thioether (sulfide) groups is 1. The van der Waals surface area contributed by atoms with Crippen molar-refractivity contribution in [1.29, 1.82) is 0 Å². The predicted octanol–water partition coefficient (Wildman–Crippen LogP) is 3.03. The van der Waals surface area contributed by atoms with Gasteiger partial charge in [0, 0.05) is 11.4 Å². The van der Waals surface area contributed by atoms with E-state index in [1.54, 1.807) is 18.9 Å². The molecule has 1 aliphatic rings. The number of benzene rings is 1. The Balaban J connectivity index is 1.63. The summed E-state index contributed by atoms with van der Waals surface area (Å²) in [6, 6.07) is 7.82. The molecule has 0 aliphatic carbocycles. The minimum atomic E-state index is 0.119. The van der Waals surface area contributed by atoms with Crippen molar-refractivity contribution in [2.45, 2.75) is 31.1 Å². The number of hydrogen-bond acceptors (Lipinski definition) is 4. The van der Waals surface area contributed by atoms with Crippen LogP contribution in [0.1, 0.15) is 26.2 Å². The van der Waals surface area contributed by atoms with Crippen LogP contribution in [0.5, 0.6) is 5.75 Å². The molecule has 5 heteroatoms. The molecule has 1 N–H and O–H groups in total. The second kappa shape index (κ2) is 9.83. The number of nitrogens with one attached hydrogen (secondary N) is 1. The Morgan fingerprint density at radius 2 is 2.17 bits per heavy atom. The number of likely N-dealkylation sites (tertiary alicyclic amines) is 1. The fourth-order valence-electron chi connectivity index (χ4n) is 2.88. The second-order valence-corrected chi connectivity index (χ2v) is 7.11. The molecule has 1 aliphatic heterocycles. The van der Waals surface area contributed by atoms with Crippen LogP contribution in [0, 0.1) is 5.92 Å². The van der Waals surface area contributed by atoms with Gasteiger partial charge in [-0.1, -0.05) is 13.0 Å². The molecule has 1 fully saturated rings. The van der Waals surface area contributed by atoms with Gasteiger partial charge in [-0.3, -0.25) is 4.79 Å². The van der Waals surface area contributed by atoms with Crippen molar-refractivity contribution >= 4 is 17.7 Å². The topological polar surface area (TPSA) is 41.6 Å². The van der Waals surface area contributed by atoms with Gasteiger partial charge in [-0.2, -0.15) is 0 Å². The molecular formula is C18H28N2O2S. The molecular weight excluding hydrogens is 308 g/mol. The second-order valence-electron chi connectivity index (χ2n) is 6.06. The summed E-state index contributed by atoms with van der Waals surface area (Å²) in [5.74, 6) is 2.04. The summed E-state index contributed by atoms with van der Waals surface area (Å²) in [6.07, 6.45) is 3.62. The van der Waals surface area contributed by atoms with Crippen molar-refractivity contribution in [1.82, 2.24) is 10.2 Å². The van der Waals surface area contributed by atoms with E-state index in [9.17, 15) is 4.79 Å². The lowest BCUT2D eigenvalue weighted by atomic mass is 9.97. The zero-order valence-corrected chi connectivity index (χ0v) is 15.0. The maximum atomic E-state index is 12.0. The molecule has 0 radical (unpaired) electrons. The molecule has 128 valence electrons. The molecule has 0 bridgehead atoms. The standard InChI is InChI=1S/C18H28N2O2S/c1-3-9-20-10-7-15(8-11-20)13-19-18(21)14-23-17-6-4-5-16(12-17)22-2/h4-6,12,15H,3,7-11,13-14H2,1-2H3,(H,19,21). The molecule has 23 heavy (non-hydrogen) atoms. The summed E-state index contributed by atoms with van der Waals surface area (Å²) in [5.41, 5.74) is 0. The molecule has 0 atom stereocenters. The molecule has 0 unspecified atom stereocenters. The average Bonchev–Trinajstić information content (AvgIpc) is 2.60. The Morgan fingerprint density at radius 3 is 2.87 bits per heavy atom. The highest BCUT2D eigenvalue weighted by atomic mass is 32.2. The van der Waals surface area contributed by atoms with E-state index in [1.807, 2.05) is 24.3 Å². The first-order chi connectivity index (χ1) is 11.2. The van der Waals surface area contributed by atoms with Gasteiger partial charge < -0.3 is 15.0 Å². The lowest BCUT2D eigenvalue weighted by Crippen LogP contribution is -2.39. The first-order valence-electron chi connectivity index (χ1n) is 8.47. The molecule has 0 saturated carbocycles. The molecule has 0 aromatic heterocycles. The number of carbonyl (C=O) groups is 1. The van der Waals surface area contributed by atoms with Crippen molar-refractivity contribution in [3.63, 3.8) is 0 Å². The van der Waals surface area contributed by atoms with Crippen molar-refractivity contribution in [3.8, 4) is 5.75 Å². The number of rotatable bonds is 8. The van der Waals surface area contributed by atoms with E-state index < -0.39 is 0 Å². The maximum Gasteiger partial charge on any atom is 0.230 e. The van der Waals surface area contributed by atoms with Crippen LogP contribution < -0.4 is 10.1 Å². The molecule has 4 nitrogen and oxygen atoms in total. The van der Waals surface area contributed by atoms with Gasteiger partial charge in [0.25, 0.3) is 0 Å². The first kappa shape index (κ1) is 18.1. The van der Waals surface area contributed by atoms with Crippen LogP contribution in [0.25, 0.3) is 0 Å². The minimum Gasteiger partial charge on any atom is -0.497 e. The Kier molecular flexibility index (Phi) is 7.76. The van der Waals surface area contributed by atoms with Gasteiger partial charge in [-0.05, 0) is 63.0 Å². The third-order valence-electron chi connectivity index (χ3n) is 4.25. The Morgan fingerprint density at radius 1 is 1.39 bits per heavy atom. The summed E-state index contributed by atoms with van der Waals surface area (Å²) >= 11 is 1.55. The fourth-order valence-corrected chi connectivity index (χ4v) is 3.65. The van der Waals surface area contributed by atoms with E-state index in [0.717, 1.165) is 17.2 Å². The molecule has 1 aromatic carbocycles. The van der Waals surface area contributed by atoms with E-state index in [-0.39, 0.29) is 5.91 Å². The molecule has 1 aromatic rings. The molecule has 2 rings (SSSR count). The third kappa shape index (κ3) is 6.43. The predicted molar refractivity (Wildman–Crippen MR) is 96.2 cm³/mol. The summed E-state index contributed by atoms with van der Waals surface area (Å²) in [5, 5.41) is 3.09. The highest BCUT2D eigenvalue weighted by Crippen LogP contribution is 2.22. The van der Waals surface area contributed by atoms with Gasteiger partial charge in [-0.25, -0.2) is 0 Å². The number of ether oxygens (including phenoxy) is 1. The zero-order chi connectivity index (χ0) is 16.5. The van der Waals surface area contributed by atoms with E-state index in [4.69, 9.17) is 4.74 Å². The number of methoxy groups -OCH3 is 1. The molecule has 0 spiro atoms. The van der Waals surface area contributed by atoms with Crippen molar-refractivity contribution < 1.29 is 9.53 Å². The van der Waals surface area contributed by atoms with Crippen LogP contribution in [0.3, 0.4) is 0 Å². The van der Waals surface area contributed by atoms with E-state index in [1.165, 1.54) is 38.9 Å². The Labute approximate surface area is 144 Å². The van der Waals surface area contributed by atoms with E-state index in [0.29, 0.717) is 11.7 Å². The molecule has 1 saturated heterocycles. The van der Waals surface area contributed by atoms with E-state index in [2.05, 4.69) is 17.1 Å². The summed E-state index contributed by atoms with van der Waals surface area (Å²) < 4.78 is 5.20. The van der Waals surface area contributed by atoms with Crippen LogP contribution in [-0.2, 0) is 4.79 Å². The normalized spacial score (nSPS) is 16.3. The quantitative estimate of drug-likeness (QED) is 0.741. The SMILES string of the molecule is CCCN1CCC(CNC(=O)CSc2cccc(OC)c2)CC1. The largest absolute Gasteiger partial charge is 0.497 e. The van der Waals surface area contributed by atoms with Gasteiger partial charge in [0.15, 0.2) is 0 Å². The lowest BCUT2D eigenvalue weighted by Gasteiger charge is -2.31. The van der Waals surface area contributed by atoms with Gasteiger partial charge in [0.1, 0.15) is 5.75 Å². The number of amides is 1. The van der Waals surface area contributed by atoms with Crippen LogP contribution >= 0.6 is 11.8 Å². The number of carbonyl (C=O) groups excluding carboxylic acids is 1. The number of piperidine rings is 1. The number of nitrogens with zero attached hydrogens (tertiary/aromatic N) is 1. The van der Waals surface area contributed by atoms with E-state index >= 15 is 0 Å². The summed E-state index contributed by atoms with van der Waals surface area (Å²) in [4.78, 5) is 15.6. The summed E-state index contributed by atoms with van der Waals surface area (Å²) in [7, 11) is 1.66. The van der Waals surface area contributed by atoms with Crippen LogP contribution in [-0.4, -0.2) is 49.8 Å². The van der Waals surface area contributed by atoms with Crippen molar-refractivity contribution in [3.05, 3.63) is 24.3 Å².